The van der Waals surface area contributed by atoms with Crippen molar-refractivity contribution < 1.29 is 9.53 Å². The van der Waals surface area contributed by atoms with Gasteiger partial charge in [0.2, 0.25) is 0 Å². The van der Waals surface area contributed by atoms with Gasteiger partial charge in [-0.05, 0) is 48.5 Å². The maximum Gasteiger partial charge on any atom is 0.269 e. The molecular weight excluding hydrogens is 340 g/mol. The van der Waals surface area contributed by atoms with Gasteiger partial charge >= 0.3 is 0 Å². The van der Waals surface area contributed by atoms with Gasteiger partial charge in [-0.2, -0.15) is 4.80 Å². The molecule has 134 valence electrons. The van der Waals surface area contributed by atoms with Gasteiger partial charge in [-0.15, -0.1) is 5.10 Å². The molecule has 9 heteroatoms. The molecule has 0 atom stereocenters. The predicted octanol–water partition coefficient (Wildman–Crippen LogP) is 2.39. The van der Waals surface area contributed by atoms with E-state index >= 15 is 0 Å². The normalized spacial score (nSPS) is 10.3. The molecule has 2 N–H and O–H groups in total. The third-order valence-corrected chi connectivity index (χ3v) is 3.40. The fourth-order valence-corrected chi connectivity index (χ4v) is 2.14. The van der Waals surface area contributed by atoms with Crippen molar-refractivity contribution in [1.29, 1.82) is 0 Å². The average molecular weight is 362 g/mol. The van der Waals surface area contributed by atoms with Crippen LogP contribution in [0.1, 0.15) is 43.5 Å². The Kier molecular flexibility index (Phi) is 7.27. The number of benzene rings is 1. The lowest BCUT2D eigenvalue weighted by Gasteiger charge is -2.09. The lowest BCUT2D eigenvalue weighted by atomic mass is 10.2. The lowest BCUT2D eigenvalue weighted by Crippen LogP contribution is -2.34. The smallest absolute Gasteiger partial charge is 0.269 e. The number of hydrogen-bond acceptors (Lipinski definition) is 6. The van der Waals surface area contributed by atoms with Crippen molar-refractivity contribution in [3.05, 3.63) is 29.8 Å². The van der Waals surface area contributed by atoms with Gasteiger partial charge in [0.15, 0.2) is 5.11 Å². The van der Waals surface area contributed by atoms with Crippen LogP contribution in [-0.4, -0.2) is 37.8 Å². The minimum Gasteiger partial charge on any atom is -0.494 e. The van der Waals surface area contributed by atoms with Gasteiger partial charge < -0.3 is 4.74 Å². The first-order chi connectivity index (χ1) is 12.1. The summed E-state index contributed by atoms with van der Waals surface area (Å²) in [7, 11) is 0. The van der Waals surface area contributed by atoms with E-state index < -0.39 is 0 Å². The number of tetrazole rings is 1. The van der Waals surface area contributed by atoms with Crippen LogP contribution in [0.5, 0.6) is 5.75 Å². The highest BCUT2D eigenvalue weighted by atomic mass is 32.1. The van der Waals surface area contributed by atoms with Crippen molar-refractivity contribution in [2.24, 2.45) is 0 Å². The third kappa shape index (κ3) is 6.11. The molecule has 1 aromatic carbocycles. The molecule has 2 rings (SSSR count). The molecule has 0 bridgehead atoms. The van der Waals surface area contributed by atoms with Gasteiger partial charge in [-0.1, -0.05) is 31.4 Å². The number of amides is 1. The number of aryl methyl sites for hydroxylation is 1. The summed E-state index contributed by atoms with van der Waals surface area (Å²) < 4.78 is 5.60. The Labute approximate surface area is 151 Å². The van der Waals surface area contributed by atoms with E-state index in [1.165, 1.54) is 4.80 Å². The first kappa shape index (κ1) is 18.8. The number of carbonyl (C=O) groups is 1. The van der Waals surface area contributed by atoms with E-state index in [4.69, 9.17) is 17.0 Å². The predicted molar refractivity (Wildman–Crippen MR) is 98.6 cm³/mol. The number of nitrogens with one attached hydrogen (secondary N) is 2. The Balaban J connectivity index is 1.89. The monoisotopic (exact) mass is 362 g/mol. The maximum atomic E-state index is 12.3. The molecule has 0 aliphatic rings. The second-order valence-electron chi connectivity index (χ2n) is 5.35. The van der Waals surface area contributed by atoms with Crippen LogP contribution in [0.2, 0.25) is 0 Å². The number of carbonyl (C=O) groups excluding carboxylic acids is 1. The molecule has 0 radical (unpaired) electrons. The Hall–Kier alpha value is -2.55. The van der Waals surface area contributed by atoms with Gasteiger partial charge in [-0.25, -0.2) is 0 Å². The van der Waals surface area contributed by atoms with Crippen molar-refractivity contribution in [1.82, 2.24) is 25.5 Å². The zero-order valence-corrected chi connectivity index (χ0v) is 15.2. The molecule has 0 fully saturated rings. The molecule has 8 nitrogen and oxygen atoms in total. The van der Waals surface area contributed by atoms with Crippen LogP contribution in [0, 0.1) is 0 Å². The molecular formula is C16H22N6O2S. The van der Waals surface area contributed by atoms with Crippen molar-refractivity contribution in [3.8, 4) is 5.75 Å². The number of rotatable bonds is 8. The van der Waals surface area contributed by atoms with Crippen LogP contribution in [0.15, 0.2) is 24.3 Å². The van der Waals surface area contributed by atoms with E-state index in [0.29, 0.717) is 24.5 Å². The Morgan fingerprint density at radius 2 is 2.16 bits per heavy atom. The van der Waals surface area contributed by atoms with Gasteiger partial charge in [-0.3, -0.25) is 15.4 Å². The van der Waals surface area contributed by atoms with Crippen molar-refractivity contribution in [2.45, 2.75) is 39.7 Å². The van der Waals surface area contributed by atoms with E-state index in [1.807, 2.05) is 13.0 Å². The van der Waals surface area contributed by atoms with E-state index in [-0.39, 0.29) is 17.0 Å². The summed E-state index contributed by atoms with van der Waals surface area (Å²) in [6, 6.07) is 6.97. The van der Waals surface area contributed by atoms with Gasteiger partial charge in [0.1, 0.15) is 5.75 Å². The van der Waals surface area contributed by atoms with Crippen LogP contribution in [0.4, 0.5) is 5.95 Å². The second kappa shape index (κ2) is 9.67. The number of ether oxygens (including phenoxy) is 1. The molecule has 0 aliphatic carbocycles. The highest BCUT2D eigenvalue weighted by Crippen LogP contribution is 2.14. The average Bonchev–Trinajstić information content (AvgIpc) is 3.02. The molecule has 0 unspecified atom stereocenters. The molecule has 0 saturated heterocycles. The SMILES string of the molecule is CCCCOc1cccc(C(=O)NC(=S)Nc2nnn(CCC)n2)c1. The highest BCUT2D eigenvalue weighted by Gasteiger charge is 2.11. The summed E-state index contributed by atoms with van der Waals surface area (Å²) in [6.07, 6.45) is 2.92. The largest absolute Gasteiger partial charge is 0.494 e. The summed E-state index contributed by atoms with van der Waals surface area (Å²) in [6.45, 7) is 5.40. The zero-order chi connectivity index (χ0) is 18.1. The molecule has 1 aromatic heterocycles. The minimum absolute atomic E-state index is 0.110. The van der Waals surface area contributed by atoms with E-state index in [0.717, 1.165) is 19.3 Å². The van der Waals surface area contributed by atoms with Gasteiger partial charge in [0.05, 0.1) is 13.2 Å². The Morgan fingerprint density at radius 3 is 2.92 bits per heavy atom. The van der Waals surface area contributed by atoms with Crippen LogP contribution in [0.3, 0.4) is 0 Å². The van der Waals surface area contributed by atoms with Gasteiger partial charge in [0.25, 0.3) is 11.9 Å². The number of anilines is 1. The zero-order valence-electron chi connectivity index (χ0n) is 14.4. The van der Waals surface area contributed by atoms with Crippen LogP contribution >= 0.6 is 12.2 Å². The molecule has 1 amide bonds. The summed E-state index contributed by atoms with van der Waals surface area (Å²) >= 11 is 5.11. The van der Waals surface area contributed by atoms with Crippen molar-refractivity contribution in [2.75, 3.05) is 11.9 Å². The molecule has 0 spiro atoms. The van der Waals surface area contributed by atoms with E-state index in [1.54, 1.807) is 18.2 Å². The summed E-state index contributed by atoms with van der Waals surface area (Å²) in [5.41, 5.74) is 0.459. The van der Waals surface area contributed by atoms with Crippen LogP contribution < -0.4 is 15.4 Å². The molecule has 2 aromatic rings. The maximum absolute atomic E-state index is 12.3. The standard InChI is InChI=1S/C16H22N6O2S/c1-3-5-10-24-13-8-6-7-12(11-13)14(23)17-16(25)18-15-19-21-22(20-15)9-4-2/h6-8,11H,3-5,9-10H2,1-2H3,(H2,17,18,20,23,25). The summed E-state index contributed by atoms with van der Waals surface area (Å²) in [5.74, 6) is 0.568. The van der Waals surface area contributed by atoms with E-state index in [2.05, 4.69) is 33.0 Å². The Morgan fingerprint density at radius 1 is 1.32 bits per heavy atom. The number of unbranched alkanes of at least 4 members (excludes halogenated alkanes) is 1. The third-order valence-electron chi connectivity index (χ3n) is 3.19. The fraction of sp³-hybridized carbons (Fsp3) is 0.438. The second-order valence-corrected chi connectivity index (χ2v) is 5.76. The summed E-state index contributed by atoms with van der Waals surface area (Å²) in [5, 5.41) is 17.2. The molecule has 0 aliphatic heterocycles. The molecule has 0 saturated carbocycles. The van der Waals surface area contributed by atoms with Crippen molar-refractivity contribution >= 4 is 29.2 Å². The first-order valence-electron chi connectivity index (χ1n) is 8.25. The quantitative estimate of drug-likeness (QED) is 0.550. The Bertz CT molecular complexity index is 718. The highest BCUT2D eigenvalue weighted by molar-refractivity contribution is 7.80. The lowest BCUT2D eigenvalue weighted by molar-refractivity contribution is 0.0977. The molecule has 1 heterocycles. The van der Waals surface area contributed by atoms with E-state index in [9.17, 15) is 4.79 Å². The first-order valence-corrected chi connectivity index (χ1v) is 8.66. The summed E-state index contributed by atoms with van der Waals surface area (Å²) in [4.78, 5) is 13.7. The molecule has 25 heavy (non-hydrogen) atoms. The fourth-order valence-electron chi connectivity index (χ4n) is 1.96. The number of nitrogens with zero attached hydrogens (tertiary/aromatic N) is 4. The van der Waals surface area contributed by atoms with Crippen LogP contribution in [0.25, 0.3) is 0 Å². The van der Waals surface area contributed by atoms with Gasteiger partial charge in [0, 0.05) is 5.56 Å². The number of aromatic nitrogens is 4. The minimum atomic E-state index is -0.334. The number of hydrogen-bond donors (Lipinski definition) is 2. The number of thiocarbonyl (C=S) groups is 1. The topological polar surface area (TPSA) is 94.0 Å². The van der Waals surface area contributed by atoms with Crippen molar-refractivity contribution in [3.63, 3.8) is 0 Å². The van der Waals surface area contributed by atoms with Crippen LogP contribution in [-0.2, 0) is 6.54 Å².